The molecule has 5 nitrogen and oxygen atoms in total. The summed E-state index contributed by atoms with van der Waals surface area (Å²) in [6.45, 7) is 1.82. The summed E-state index contributed by atoms with van der Waals surface area (Å²) >= 11 is 0. The predicted octanol–water partition coefficient (Wildman–Crippen LogP) is 2.30. The van der Waals surface area contributed by atoms with E-state index >= 15 is 0 Å². The van der Waals surface area contributed by atoms with Crippen LogP contribution in [-0.4, -0.2) is 49.5 Å². The molecule has 0 bridgehead atoms. The van der Waals surface area contributed by atoms with Crippen LogP contribution in [0.2, 0.25) is 0 Å². The number of hydrogen-bond acceptors (Lipinski definition) is 5. The summed E-state index contributed by atoms with van der Waals surface area (Å²) in [5.74, 6) is 0.330. The maximum Gasteiger partial charge on any atom is 0.330 e. The minimum absolute atomic E-state index is 0.106. The lowest BCUT2D eigenvalue weighted by Crippen LogP contribution is -2.53. The van der Waals surface area contributed by atoms with Crippen LogP contribution >= 0.6 is 0 Å². The molecule has 2 aliphatic heterocycles. The van der Waals surface area contributed by atoms with Crippen molar-refractivity contribution in [1.82, 2.24) is 4.90 Å². The molecular formula is C18H21NO4. The van der Waals surface area contributed by atoms with Crippen LogP contribution in [0.4, 0.5) is 0 Å². The quantitative estimate of drug-likeness (QED) is 0.619. The Morgan fingerprint density at radius 3 is 3.00 bits per heavy atom. The molecule has 1 unspecified atom stereocenters. The van der Waals surface area contributed by atoms with E-state index in [9.17, 15) is 9.59 Å². The van der Waals surface area contributed by atoms with Gasteiger partial charge in [-0.15, -0.1) is 0 Å². The lowest BCUT2D eigenvalue weighted by Gasteiger charge is -2.43. The number of carbonyl (C=O) groups is 2. The van der Waals surface area contributed by atoms with E-state index in [0.717, 1.165) is 31.5 Å². The van der Waals surface area contributed by atoms with Crippen molar-refractivity contribution in [1.29, 1.82) is 0 Å². The molecule has 1 spiro atoms. The number of ether oxygens (including phenoxy) is 2. The first-order valence-corrected chi connectivity index (χ1v) is 7.82. The van der Waals surface area contributed by atoms with Gasteiger partial charge in [0.05, 0.1) is 19.1 Å². The number of methoxy groups -OCH3 is 1. The predicted molar refractivity (Wildman–Crippen MR) is 86.5 cm³/mol. The fraction of sp³-hybridized carbons (Fsp3) is 0.444. The summed E-state index contributed by atoms with van der Waals surface area (Å²) in [6.07, 6.45) is 5.34. The van der Waals surface area contributed by atoms with Crippen LogP contribution in [0.5, 0.6) is 5.75 Å². The van der Waals surface area contributed by atoms with Crippen LogP contribution in [0.3, 0.4) is 0 Å². The van der Waals surface area contributed by atoms with Crippen LogP contribution < -0.4 is 4.74 Å². The van der Waals surface area contributed by atoms with Crippen molar-refractivity contribution in [3.05, 3.63) is 35.4 Å². The monoisotopic (exact) mass is 315 g/mol. The number of benzene rings is 1. The number of piperidine rings is 1. The summed E-state index contributed by atoms with van der Waals surface area (Å²) in [7, 11) is 3.39. The number of rotatable bonds is 2. The smallest absolute Gasteiger partial charge is 0.330 e. The zero-order valence-corrected chi connectivity index (χ0v) is 13.5. The highest BCUT2D eigenvalue weighted by Crippen LogP contribution is 2.38. The zero-order chi connectivity index (χ0) is 16.4. The highest BCUT2D eigenvalue weighted by atomic mass is 16.5. The van der Waals surface area contributed by atoms with E-state index in [2.05, 4.69) is 16.7 Å². The highest BCUT2D eigenvalue weighted by molar-refractivity contribution is 6.01. The highest BCUT2D eigenvalue weighted by Gasteiger charge is 2.42. The van der Waals surface area contributed by atoms with E-state index in [0.29, 0.717) is 17.7 Å². The fourth-order valence-electron chi connectivity index (χ4n) is 3.40. The second-order valence-corrected chi connectivity index (χ2v) is 6.34. The van der Waals surface area contributed by atoms with Gasteiger partial charge in [-0.25, -0.2) is 4.79 Å². The molecule has 0 N–H and O–H groups in total. The van der Waals surface area contributed by atoms with Gasteiger partial charge in [-0.1, -0.05) is 6.07 Å². The Bertz CT molecular complexity index is 667. The van der Waals surface area contributed by atoms with Crippen LogP contribution in [0, 0.1) is 0 Å². The minimum atomic E-state index is -0.422. The van der Waals surface area contributed by atoms with Crippen LogP contribution in [0.15, 0.2) is 24.3 Å². The van der Waals surface area contributed by atoms with E-state index in [1.54, 1.807) is 12.1 Å². The van der Waals surface area contributed by atoms with Gasteiger partial charge in [0.2, 0.25) is 0 Å². The third kappa shape index (κ3) is 3.29. The molecule has 1 aromatic rings. The summed E-state index contributed by atoms with van der Waals surface area (Å²) in [6, 6.07) is 5.44. The molecule has 5 heteroatoms. The number of likely N-dealkylation sites (tertiary alicyclic amines) is 1. The van der Waals surface area contributed by atoms with Crippen molar-refractivity contribution in [3.63, 3.8) is 0 Å². The maximum atomic E-state index is 12.6. The normalized spacial score (nSPS) is 24.5. The van der Waals surface area contributed by atoms with Crippen molar-refractivity contribution in [2.24, 2.45) is 0 Å². The molecule has 122 valence electrons. The fourth-order valence-corrected chi connectivity index (χ4v) is 3.40. The Morgan fingerprint density at radius 2 is 2.26 bits per heavy atom. The second-order valence-electron chi connectivity index (χ2n) is 6.34. The van der Waals surface area contributed by atoms with Crippen molar-refractivity contribution >= 4 is 17.8 Å². The van der Waals surface area contributed by atoms with E-state index < -0.39 is 5.97 Å². The molecule has 3 rings (SSSR count). The first-order chi connectivity index (χ1) is 11.0. The lowest BCUT2D eigenvalue weighted by molar-refractivity contribution is -0.134. The summed E-state index contributed by atoms with van der Waals surface area (Å²) < 4.78 is 10.8. The molecule has 2 heterocycles. The Balaban J connectivity index is 1.85. The molecule has 0 saturated carbocycles. The van der Waals surface area contributed by atoms with Crippen molar-refractivity contribution < 1.29 is 19.1 Å². The number of ketones is 1. The van der Waals surface area contributed by atoms with Gasteiger partial charge in [-0.2, -0.15) is 0 Å². The topological polar surface area (TPSA) is 55.8 Å². The molecule has 1 aromatic carbocycles. The minimum Gasteiger partial charge on any atom is -0.485 e. The van der Waals surface area contributed by atoms with Crippen molar-refractivity contribution in [2.45, 2.75) is 24.9 Å². The summed E-state index contributed by atoms with van der Waals surface area (Å²) in [4.78, 5) is 26.0. The molecule has 1 atom stereocenters. The number of likely N-dealkylation sites (N-methyl/N-ethyl adjacent to an activating group) is 1. The second kappa shape index (κ2) is 6.16. The largest absolute Gasteiger partial charge is 0.485 e. The molecular weight excluding hydrogens is 294 g/mol. The van der Waals surface area contributed by atoms with Gasteiger partial charge in [-0.05, 0) is 50.2 Å². The van der Waals surface area contributed by atoms with Gasteiger partial charge in [0.15, 0.2) is 5.78 Å². The van der Waals surface area contributed by atoms with Crippen LogP contribution in [-0.2, 0) is 9.53 Å². The van der Waals surface area contributed by atoms with Gasteiger partial charge in [0.25, 0.3) is 0 Å². The lowest BCUT2D eigenvalue weighted by atomic mass is 9.83. The molecule has 0 amide bonds. The third-order valence-electron chi connectivity index (χ3n) is 4.46. The van der Waals surface area contributed by atoms with Crippen LogP contribution in [0.1, 0.15) is 35.2 Å². The molecule has 23 heavy (non-hydrogen) atoms. The Labute approximate surface area is 135 Å². The van der Waals surface area contributed by atoms with Gasteiger partial charge in [0.1, 0.15) is 11.4 Å². The van der Waals surface area contributed by atoms with Gasteiger partial charge >= 0.3 is 5.97 Å². The van der Waals surface area contributed by atoms with E-state index in [1.165, 1.54) is 13.2 Å². The SMILES string of the molecule is COC(=O)C=Cc1ccc2c(c1)C(=O)CC1(CCCN(C)C1)O2. The first-order valence-electron chi connectivity index (χ1n) is 7.82. The number of nitrogens with zero attached hydrogens (tertiary/aromatic N) is 1. The summed E-state index contributed by atoms with van der Waals surface area (Å²) in [5.41, 5.74) is 0.985. The number of Topliss-reactive ketones (excluding diaryl/α,β-unsaturated/α-hetero) is 1. The van der Waals surface area contributed by atoms with Gasteiger partial charge in [0, 0.05) is 12.6 Å². The Hall–Kier alpha value is -2.14. The van der Waals surface area contributed by atoms with E-state index in [-0.39, 0.29) is 11.4 Å². The maximum absolute atomic E-state index is 12.6. The standard InChI is InChI=1S/C18H21NO4/c1-19-9-3-8-18(12-19)11-15(20)14-10-13(4-6-16(14)23-18)5-7-17(21)22-2/h4-7,10H,3,8-9,11-12H2,1-2H3. The third-order valence-corrected chi connectivity index (χ3v) is 4.46. The Kier molecular flexibility index (Phi) is 4.22. The average molecular weight is 315 g/mol. The summed E-state index contributed by atoms with van der Waals surface area (Å²) in [5, 5.41) is 0. The molecule has 0 aromatic heterocycles. The van der Waals surface area contributed by atoms with Crippen LogP contribution in [0.25, 0.3) is 6.08 Å². The Morgan fingerprint density at radius 1 is 1.43 bits per heavy atom. The number of fused-ring (bicyclic) bond motifs is 1. The van der Waals surface area contributed by atoms with Crippen molar-refractivity contribution in [2.75, 3.05) is 27.2 Å². The molecule has 2 aliphatic rings. The molecule has 1 saturated heterocycles. The number of carbonyl (C=O) groups excluding carboxylic acids is 2. The van der Waals surface area contributed by atoms with Crippen molar-refractivity contribution in [3.8, 4) is 5.75 Å². The van der Waals surface area contributed by atoms with E-state index in [4.69, 9.17) is 4.74 Å². The van der Waals surface area contributed by atoms with Gasteiger partial charge < -0.3 is 14.4 Å². The molecule has 1 fully saturated rings. The number of hydrogen-bond donors (Lipinski definition) is 0. The first kappa shape index (κ1) is 15.7. The van der Waals surface area contributed by atoms with Gasteiger partial charge in [-0.3, -0.25) is 4.79 Å². The zero-order valence-electron chi connectivity index (χ0n) is 13.5. The molecule has 0 aliphatic carbocycles. The molecule has 0 radical (unpaired) electrons. The number of esters is 1. The van der Waals surface area contributed by atoms with E-state index in [1.807, 2.05) is 12.1 Å². The average Bonchev–Trinajstić information content (AvgIpc) is 2.52.